The van der Waals surface area contributed by atoms with E-state index < -0.39 is 137 Å². The van der Waals surface area contributed by atoms with Gasteiger partial charge in [0.05, 0.1) is 46.9 Å². The van der Waals surface area contributed by atoms with E-state index in [2.05, 4.69) is 0 Å². The summed E-state index contributed by atoms with van der Waals surface area (Å²) in [5, 5.41) is 18.2. The summed E-state index contributed by atoms with van der Waals surface area (Å²) in [4.78, 5) is 138. The van der Waals surface area contributed by atoms with Crippen LogP contribution in [0, 0.1) is 28.6 Å². The Bertz CT molecular complexity index is 1940. The Balaban J connectivity index is -0.00000115. The highest BCUT2D eigenvalue weighted by atomic mass is 16.8. The highest BCUT2D eigenvalue weighted by Gasteiger charge is 2.30. The van der Waals surface area contributed by atoms with Crippen molar-refractivity contribution in [3.05, 3.63) is 0 Å². The maximum Gasteiger partial charge on any atom is 0.509 e. The third kappa shape index (κ3) is 42.8. The minimum absolute atomic E-state index is 0.0828. The zero-order valence-electron chi connectivity index (χ0n) is 50.6. The van der Waals surface area contributed by atoms with Gasteiger partial charge in [0.2, 0.25) is 0 Å². The van der Waals surface area contributed by atoms with Crippen molar-refractivity contribution in [1.29, 1.82) is 0 Å². The molecule has 0 aliphatic heterocycles. The molecular weight excluding hydrogens is 1100 g/mol. The van der Waals surface area contributed by atoms with Crippen LogP contribution in [0.1, 0.15) is 132 Å². The number of esters is 9. The molecule has 0 aliphatic rings. The van der Waals surface area contributed by atoms with Gasteiger partial charge >= 0.3 is 72.2 Å². The Morgan fingerprint density at radius 1 is 0.305 bits per heavy atom. The summed E-state index contributed by atoms with van der Waals surface area (Å²) in [5.41, 5.74) is -1.41. The molecule has 0 saturated heterocycles. The van der Waals surface area contributed by atoms with Crippen LogP contribution in [0.15, 0.2) is 0 Å². The standard InChI is InChI=1S/C21H36O9.C17H28O11.C15H24O9/c1-13(2)29-19(25)30-14(3)16(22)26-10-15(11-27-17(23)20(4,5)6)12-28-18(24)21(7,8)9;1-9(2)27-17(23)28-12(5)16(22)26-8-13(6-24-14(20)10(3)18)7-25-15(21)11(4)19;1-9(2)23-15(19)24-10(3)14(18)22-8-13(6-20-11(4)16)7-21-12(5)17/h13-15H,10-12H2,1-9H3;9-13,18-19H,6-8H2,1-5H3;9-10,13H,6-8H2,1-5H3. The van der Waals surface area contributed by atoms with Gasteiger partial charge in [0.25, 0.3) is 0 Å². The van der Waals surface area contributed by atoms with E-state index in [9.17, 15) is 57.5 Å². The van der Waals surface area contributed by atoms with Crippen molar-refractivity contribution < 1.29 is 139 Å². The van der Waals surface area contributed by atoms with Gasteiger partial charge in [-0.2, -0.15) is 0 Å². The average Bonchev–Trinajstić information content (AvgIpc) is 3.33. The van der Waals surface area contributed by atoms with E-state index >= 15 is 0 Å². The first kappa shape index (κ1) is 79.2. The Labute approximate surface area is 478 Å². The van der Waals surface area contributed by atoms with Crippen LogP contribution in [0.3, 0.4) is 0 Å². The SMILES string of the molecule is CC(=O)OCC(COC(C)=O)COC(=O)C(C)OC(=O)OC(C)C.CC(C)OC(=O)OC(C)C(=O)OCC(COC(=O)C(C)(C)C)COC(=O)C(C)(C)C.CC(C)OC(=O)OC(C)C(=O)OCC(COC(=O)C(C)O)COC(=O)C(C)O. The Hall–Kier alpha value is -7.04. The van der Waals surface area contributed by atoms with E-state index in [-0.39, 0.29) is 71.7 Å². The number of aliphatic hydroxyl groups is 2. The molecule has 0 rings (SSSR count). The van der Waals surface area contributed by atoms with Gasteiger partial charge in [-0.25, -0.2) is 38.4 Å². The molecule has 29 heteroatoms. The van der Waals surface area contributed by atoms with Gasteiger partial charge in [0, 0.05) is 13.8 Å². The summed E-state index contributed by atoms with van der Waals surface area (Å²) in [6.45, 7) is 27.1. The molecule has 0 aromatic rings. The van der Waals surface area contributed by atoms with Gasteiger partial charge in [0.1, 0.15) is 71.7 Å². The third-order valence-electron chi connectivity index (χ3n) is 8.97. The molecule has 2 N–H and O–H groups in total. The lowest BCUT2D eigenvalue weighted by molar-refractivity contribution is -0.165. The minimum Gasteiger partial charge on any atom is -0.465 e. The lowest BCUT2D eigenvalue weighted by atomic mass is 9.97. The lowest BCUT2D eigenvalue weighted by Crippen LogP contribution is -2.34. The largest absolute Gasteiger partial charge is 0.509 e. The van der Waals surface area contributed by atoms with Gasteiger partial charge in [-0.05, 0) is 118 Å². The fourth-order valence-electron chi connectivity index (χ4n) is 4.55. The quantitative estimate of drug-likeness (QED) is 0.0772. The van der Waals surface area contributed by atoms with Gasteiger partial charge in [-0.1, -0.05) is 0 Å². The summed E-state index contributed by atoms with van der Waals surface area (Å²) < 4.78 is 73.5. The molecule has 82 heavy (non-hydrogen) atoms. The number of rotatable bonds is 29. The number of hydrogen-bond acceptors (Lipinski definition) is 29. The average molecular weight is 1190 g/mol. The molecule has 5 unspecified atom stereocenters. The van der Waals surface area contributed by atoms with E-state index in [1.54, 1.807) is 83.1 Å². The summed E-state index contributed by atoms with van der Waals surface area (Å²) in [6.07, 6.45) is -10.5. The van der Waals surface area contributed by atoms with Crippen LogP contribution in [-0.2, 0) is 114 Å². The fraction of sp³-hybridized carbons (Fsp3) is 0.774. The first-order chi connectivity index (χ1) is 37.6. The van der Waals surface area contributed by atoms with Crippen molar-refractivity contribution in [3.8, 4) is 0 Å². The van der Waals surface area contributed by atoms with Crippen LogP contribution in [0.25, 0.3) is 0 Å². The van der Waals surface area contributed by atoms with Crippen LogP contribution in [0.5, 0.6) is 0 Å². The maximum absolute atomic E-state index is 12.1. The zero-order chi connectivity index (χ0) is 64.2. The van der Waals surface area contributed by atoms with Crippen LogP contribution in [0.2, 0.25) is 0 Å². The molecule has 0 aromatic carbocycles. The maximum atomic E-state index is 12.1. The summed E-state index contributed by atoms with van der Waals surface area (Å²) >= 11 is 0. The van der Waals surface area contributed by atoms with Crippen LogP contribution < -0.4 is 0 Å². The molecule has 0 fully saturated rings. The lowest BCUT2D eigenvalue weighted by Gasteiger charge is -2.23. The number of aliphatic hydroxyl groups excluding tert-OH is 2. The molecule has 0 spiro atoms. The van der Waals surface area contributed by atoms with E-state index in [0.29, 0.717) is 0 Å². The predicted octanol–water partition coefficient (Wildman–Crippen LogP) is 4.44. The van der Waals surface area contributed by atoms with Gasteiger partial charge in [0.15, 0.2) is 18.3 Å². The third-order valence-corrected chi connectivity index (χ3v) is 8.97. The van der Waals surface area contributed by atoms with E-state index in [1.165, 1.54) is 48.5 Å². The zero-order valence-corrected chi connectivity index (χ0v) is 50.6. The number of ether oxygens (including phenoxy) is 15. The van der Waals surface area contributed by atoms with E-state index in [1.807, 2.05) is 0 Å². The van der Waals surface area contributed by atoms with Crippen molar-refractivity contribution in [3.63, 3.8) is 0 Å². The molecule has 0 radical (unpaired) electrons. The Morgan fingerprint density at radius 2 is 0.500 bits per heavy atom. The van der Waals surface area contributed by atoms with Crippen molar-refractivity contribution in [2.24, 2.45) is 28.6 Å². The van der Waals surface area contributed by atoms with E-state index in [4.69, 9.17) is 81.3 Å². The minimum atomic E-state index is -1.36. The van der Waals surface area contributed by atoms with Gasteiger partial charge in [-0.3, -0.25) is 19.2 Å². The first-order valence-corrected chi connectivity index (χ1v) is 26.0. The summed E-state index contributed by atoms with van der Waals surface area (Å²) in [7, 11) is 0. The molecule has 29 nitrogen and oxygen atoms in total. The highest BCUT2D eigenvalue weighted by Crippen LogP contribution is 2.19. The summed E-state index contributed by atoms with van der Waals surface area (Å²) in [5.74, 6) is -8.10. The van der Waals surface area contributed by atoms with E-state index in [0.717, 1.165) is 0 Å². The molecule has 0 saturated carbocycles. The molecule has 0 aliphatic carbocycles. The Kier molecular flexibility index (Phi) is 39.6. The second-order valence-corrected chi connectivity index (χ2v) is 20.9. The molecule has 0 heterocycles. The Morgan fingerprint density at radius 3 is 0.683 bits per heavy atom. The molecule has 0 amide bonds. The first-order valence-electron chi connectivity index (χ1n) is 26.0. The highest BCUT2D eigenvalue weighted by molar-refractivity contribution is 5.79. The topological polar surface area (TPSA) is 384 Å². The monoisotopic (exact) mass is 1190 g/mol. The number of carbonyl (C=O) groups excluding carboxylic acids is 12. The van der Waals surface area contributed by atoms with Gasteiger partial charge in [-0.15, -0.1) is 0 Å². The van der Waals surface area contributed by atoms with Crippen LogP contribution in [0.4, 0.5) is 14.4 Å². The fourth-order valence-corrected chi connectivity index (χ4v) is 4.55. The van der Waals surface area contributed by atoms with Crippen molar-refractivity contribution in [2.45, 2.75) is 180 Å². The van der Waals surface area contributed by atoms with Crippen molar-refractivity contribution >= 4 is 72.2 Å². The second-order valence-electron chi connectivity index (χ2n) is 20.9. The van der Waals surface area contributed by atoms with Crippen LogP contribution >= 0.6 is 0 Å². The smallest absolute Gasteiger partial charge is 0.465 e. The molecule has 0 bridgehead atoms. The summed E-state index contributed by atoms with van der Waals surface area (Å²) in [6, 6.07) is 0. The van der Waals surface area contributed by atoms with Crippen LogP contribution in [-0.4, -0.2) is 191 Å². The normalized spacial score (nSPS) is 13.2. The second kappa shape index (κ2) is 41.0. The number of carbonyl (C=O) groups is 12. The predicted molar refractivity (Wildman–Crippen MR) is 279 cm³/mol. The molecule has 474 valence electrons. The van der Waals surface area contributed by atoms with Gasteiger partial charge < -0.3 is 81.3 Å². The molecule has 0 aromatic heterocycles. The molecule has 5 atom stereocenters. The number of hydrogen-bond donors (Lipinski definition) is 2. The van der Waals surface area contributed by atoms with Crippen molar-refractivity contribution in [1.82, 2.24) is 0 Å². The van der Waals surface area contributed by atoms with Crippen molar-refractivity contribution in [2.75, 3.05) is 59.5 Å². The molecular formula is C53H88O29.